The number of aromatic nitrogens is 2. The Kier molecular flexibility index (Phi) is 3.82. The largest absolute Gasteiger partial charge is 0.422 e. The summed E-state index contributed by atoms with van der Waals surface area (Å²) < 4.78 is 12.8. The second kappa shape index (κ2) is 5.99. The number of nitrogens with zero attached hydrogens (tertiary/aromatic N) is 2. The number of hydrogen-bond donors (Lipinski definition) is 0. The first kappa shape index (κ1) is 15.3. The maximum atomic E-state index is 12.2. The summed E-state index contributed by atoms with van der Waals surface area (Å²) in [6.07, 6.45) is 0. The predicted octanol–water partition coefficient (Wildman–Crippen LogP) is 5.04. The van der Waals surface area contributed by atoms with Crippen LogP contribution in [0.15, 0.2) is 71.1 Å². The highest BCUT2D eigenvalue weighted by Crippen LogP contribution is 2.26. The van der Waals surface area contributed by atoms with E-state index in [1.165, 1.54) is 0 Å². The monoisotopic (exact) mass is 446 g/mol. The molecule has 5 nitrogen and oxygen atoms in total. The quantitative estimate of drug-likeness (QED) is 0.403. The van der Waals surface area contributed by atoms with Gasteiger partial charge in [-0.05, 0) is 48.5 Å². The van der Waals surface area contributed by atoms with Crippen molar-refractivity contribution in [1.29, 1.82) is 0 Å². The van der Waals surface area contributed by atoms with E-state index in [2.05, 4.69) is 42.1 Å². The fraction of sp³-hybridized carbons (Fsp3) is 0. The first-order chi connectivity index (χ1) is 11.6. The van der Waals surface area contributed by atoms with Crippen molar-refractivity contribution < 1.29 is 8.83 Å². The van der Waals surface area contributed by atoms with E-state index < -0.39 is 5.63 Å². The summed E-state index contributed by atoms with van der Waals surface area (Å²) in [4.78, 5) is 12.2. The van der Waals surface area contributed by atoms with Gasteiger partial charge in [-0.3, -0.25) is 0 Å². The first-order valence-electron chi connectivity index (χ1n) is 6.93. The van der Waals surface area contributed by atoms with Crippen LogP contribution >= 0.6 is 31.9 Å². The van der Waals surface area contributed by atoms with E-state index in [0.717, 1.165) is 19.9 Å². The minimum absolute atomic E-state index is 0.128. The van der Waals surface area contributed by atoms with Crippen molar-refractivity contribution in [3.05, 3.63) is 67.9 Å². The van der Waals surface area contributed by atoms with Crippen LogP contribution in [-0.2, 0) is 0 Å². The average molecular weight is 448 g/mol. The van der Waals surface area contributed by atoms with Crippen molar-refractivity contribution >= 4 is 42.8 Å². The average Bonchev–Trinajstić information content (AvgIpc) is 3.05. The molecule has 0 aliphatic carbocycles. The second-order valence-corrected chi connectivity index (χ2v) is 6.88. The van der Waals surface area contributed by atoms with Gasteiger partial charge in [0.15, 0.2) is 0 Å². The summed E-state index contributed by atoms with van der Waals surface area (Å²) in [5.74, 6) is 0.467. The van der Waals surface area contributed by atoms with E-state index in [1.54, 1.807) is 12.1 Å². The molecule has 0 spiro atoms. The number of rotatable bonds is 2. The van der Waals surface area contributed by atoms with Crippen LogP contribution in [0.3, 0.4) is 0 Å². The van der Waals surface area contributed by atoms with Gasteiger partial charge in [-0.25, -0.2) is 4.79 Å². The van der Waals surface area contributed by atoms with Crippen LogP contribution < -0.4 is 5.63 Å². The van der Waals surface area contributed by atoms with Crippen molar-refractivity contribution in [3.8, 4) is 22.9 Å². The summed E-state index contributed by atoms with van der Waals surface area (Å²) in [5, 5.41) is 8.75. The Bertz CT molecular complexity index is 1100. The van der Waals surface area contributed by atoms with E-state index in [-0.39, 0.29) is 11.5 Å². The summed E-state index contributed by atoms with van der Waals surface area (Å²) in [5.41, 5.74) is 0.983. The zero-order valence-electron chi connectivity index (χ0n) is 12.0. The molecule has 2 aromatic carbocycles. The topological polar surface area (TPSA) is 69.1 Å². The molecule has 0 bridgehead atoms. The zero-order chi connectivity index (χ0) is 16.7. The minimum atomic E-state index is -0.518. The maximum Gasteiger partial charge on any atom is 0.349 e. The van der Waals surface area contributed by atoms with E-state index in [1.807, 2.05) is 36.4 Å². The first-order valence-corrected chi connectivity index (χ1v) is 8.52. The predicted molar refractivity (Wildman–Crippen MR) is 96.6 cm³/mol. The standard InChI is InChI=1S/C17H8Br2N2O3/c18-11-3-1-9(2-4-11)15-20-21-16(24-15)13-8-10-7-12(19)5-6-14(10)23-17(13)22/h1-8H. The number of hydrogen-bond acceptors (Lipinski definition) is 5. The van der Waals surface area contributed by atoms with Crippen molar-refractivity contribution in [2.45, 2.75) is 0 Å². The molecule has 118 valence electrons. The third-order valence-corrected chi connectivity index (χ3v) is 4.46. The fourth-order valence-corrected chi connectivity index (χ4v) is 2.93. The van der Waals surface area contributed by atoms with Gasteiger partial charge in [0.2, 0.25) is 5.89 Å². The molecule has 0 saturated carbocycles. The van der Waals surface area contributed by atoms with Crippen LogP contribution in [-0.4, -0.2) is 10.2 Å². The van der Waals surface area contributed by atoms with Crippen LogP contribution in [0.2, 0.25) is 0 Å². The van der Waals surface area contributed by atoms with Crippen LogP contribution in [0.4, 0.5) is 0 Å². The Labute approximate surface area is 152 Å². The number of fused-ring (bicyclic) bond motifs is 1. The van der Waals surface area contributed by atoms with Gasteiger partial charge < -0.3 is 8.83 Å². The molecule has 0 radical (unpaired) electrons. The molecule has 4 rings (SSSR count). The SMILES string of the molecule is O=c1oc2ccc(Br)cc2cc1-c1nnc(-c2ccc(Br)cc2)o1. The molecule has 0 N–H and O–H groups in total. The molecule has 0 unspecified atom stereocenters. The Morgan fingerprint density at radius 1 is 0.792 bits per heavy atom. The highest BCUT2D eigenvalue weighted by molar-refractivity contribution is 9.10. The van der Waals surface area contributed by atoms with E-state index in [0.29, 0.717) is 11.5 Å². The van der Waals surface area contributed by atoms with E-state index in [9.17, 15) is 4.79 Å². The Morgan fingerprint density at radius 3 is 2.29 bits per heavy atom. The lowest BCUT2D eigenvalue weighted by molar-refractivity contribution is 0.547. The molecule has 0 amide bonds. The van der Waals surface area contributed by atoms with Crippen molar-refractivity contribution in [3.63, 3.8) is 0 Å². The lowest BCUT2D eigenvalue weighted by Crippen LogP contribution is -2.02. The van der Waals surface area contributed by atoms with Gasteiger partial charge in [0.1, 0.15) is 11.1 Å². The van der Waals surface area contributed by atoms with Crippen molar-refractivity contribution in [2.24, 2.45) is 0 Å². The molecule has 0 aliphatic heterocycles. The van der Waals surface area contributed by atoms with Gasteiger partial charge in [-0.15, -0.1) is 10.2 Å². The van der Waals surface area contributed by atoms with Gasteiger partial charge in [0, 0.05) is 19.9 Å². The van der Waals surface area contributed by atoms with Crippen LogP contribution in [0.5, 0.6) is 0 Å². The Hall–Kier alpha value is -2.25. The Balaban J connectivity index is 1.81. The molecule has 2 heterocycles. The molecule has 0 atom stereocenters. The molecular weight excluding hydrogens is 440 g/mol. The minimum Gasteiger partial charge on any atom is -0.422 e. The van der Waals surface area contributed by atoms with Crippen LogP contribution in [0.1, 0.15) is 0 Å². The van der Waals surface area contributed by atoms with Gasteiger partial charge >= 0.3 is 5.63 Å². The van der Waals surface area contributed by atoms with Crippen LogP contribution in [0, 0.1) is 0 Å². The third-order valence-electron chi connectivity index (χ3n) is 3.44. The lowest BCUT2D eigenvalue weighted by Gasteiger charge is -1.99. The maximum absolute atomic E-state index is 12.2. The molecule has 0 fully saturated rings. The molecule has 4 aromatic rings. The van der Waals surface area contributed by atoms with Gasteiger partial charge in [-0.2, -0.15) is 0 Å². The van der Waals surface area contributed by atoms with Gasteiger partial charge in [0.05, 0.1) is 0 Å². The summed E-state index contributed by atoms with van der Waals surface area (Å²) >= 11 is 6.77. The summed E-state index contributed by atoms with van der Waals surface area (Å²) in [6.45, 7) is 0. The molecule has 0 aliphatic rings. The summed E-state index contributed by atoms with van der Waals surface area (Å²) in [7, 11) is 0. The summed E-state index contributed by atoms with van der Waals surface area (Å²) in [6, 6.07) is 14.5. The lowest BCUT2D eigenvalue weighted by atomic mass is 10.2. The smallest absolute Gasteiger partial charge is 0.349 e. The van der Waals surface area contributed by atoms with Gasteiger partial charge in [0.25, 0.3) is 5.89 Å². The molecular formula is C17H8Br2N2O3. The Morgan fingerprint density at radius 2 is 1.50 bits per heavy atom. The van der Waals surface area contributed by atoms with Crippen molar-refractivity contribution in [1.82, 2.24) is 10.2 Å². The number of halogens is 2. The third kappa shape index (κ3) is 2.81. The number of benzene rings is 2. The van der Waals surface area contributed by atoms with Crippen LogP contribution in [0.25, 0.3) is 33.9 Å². The molecule has 2 aromatic heterocycles. The second-order valence-electron chi connectivity index (χ2n) is 5.05. The molecule has 0 saturated heterocycles. The highest BCUT2D eigenvalue weighted by atomic mass is 79.9. The van der Waals surface area contributed by atoms with E-state index in [4.69, 9.17) is 8.83 Å². The highest BCUT2D eigenvalue weighted by Gasteiger charge is 2.16. The fourth-order valence-electron chi connectivity index (χ4n) is 2.28. The van der Waals surface area contributed by atoms with Gasteiger partial charge in [-0.1, -0.05) is 31.9 Å². The molecule has 24 heavy (non-hydrogen) atoms. The van der Waals surface area contributed by atoms with Crippen molar-refractivity contribution in [2.75, 3.05) is 0 Å². The molecule has 7 heteroatoms. The zero-order valence-corrected chi connectivity index (χ0v) is 15.2. The normalized spacial score (nSPS) is 11.1. The van der Waals surface area contributed by atoms with E-state index >= 15 is 0 Å².